The predicted octanol–water partition coefficient (Wildman–Crippen LogP) is 3.04. The van der Waals surface area contributed by atoms with Gasteiger partial charge in [0.1, 0.15) is 16.8 Å². The maximum atomic E-state index is 14.2. The maximum Gasteiger partial charge on any atom is 0.416 e. The number of halogens is 4. The van der Waals surface area contributed by atoms with Gasteiger partial charge in [-0.25, -0.2) is 17.8 Å². The molecule has 0 unspecified atom stereocenters. The predicted molar refractivity (Wildman–Crippen MR) is 109 cm³/mol. The van der Waals surface area contributed by atoms with Gasteiger partial charge in [-0.2, -0.15) is 17.5 Å². The molecule has 178 valence electrons. The van der Waals surface area contributed by atoms with Gasteiger partial charge in [0.2, 0.25) is 15.9 Å². The number of aromatic nitrogens is 2. The number of rotatable bonds is 5. The molecule has 0 amide bonds. The summed E-state index contributed by atoms with van der Waals surface area (Å²) in [6.45, 7) is 1.04. The highest BCUT2D eigenvalue weighted by Gasteiger charge is 2.42. The summed E-state index contributed by atoms with van der Waals surface area (Å²) in [7, 11) is -4.43. The molecule has 12 heteroatoms. The lowest BCUT2D eigenvalue weighted by molar-refractivity contribution is -0.137. The van der Waals surface area contributed by atoms with Crippen LogP contribution in [0.1, 0.15) is 36.4 Å². The van der Waals surface area contributed by atoms with Crippen LogP contribution in [0.15, 0.2) is 35.5 Å². The van der Waals surface area contributed by atoms with Gasteiger partial charge in [-0.3, -0.25) is 9.88 Å². The summed E-state index contributed by atoms with van der Waals surface area (Å²) in [5, 5.41) is 0. The molecule has 1 aliphatic carbocycles. The van der Waals surface area contributed by atoms with E-state index < -0.39 is 32.5 Å². The van der Waals surface area contributed by atoms with E-state index in [4.69, 9.17) is 4.74 Å². The van der Waals surface area contributed by atoms with E-state index in [-0.39, 0.29) is 25.2 Å². The standard InChI is InChI=1S/C21H22F4N4O3S/c22-17-4-3-14(21(23,24)25)7-19(17)33(30,31)29-6-5-28-12-16(8-15(28)11-29)32-20-10-26-18(9-27-20)13-1-2-13/h3-4,7,9-10,13,15-16H,1-2,5-6,8,11-12H2/t15-,16+/m0/s1. The van der Waals surface area contributed by atoms with Gasteiger partial charge in [-0.05, 0) is 31.0 Å². The third kappa shape index (κ3) is 4.56. The van der Waals surface area contributed by atoms with Gasteiger partial charge < -0.3 is 4.74 Å². The van der Waals surface area contributed by atoms with E-state index in [1.165, 1.54) is 0 Å². The van der Waals surface area contributed by atoms with Gasteiger partial charge in [-0.15, -0.1) is 0 Å². The molecule has 7 nitrogen and oxygen atoms in total. The zero-order chi connectivity index (χ0) is 23.4. The van der Waals surface area contributed by atoms with Crippen LogP contribution in [0.2, 0.25) is 0 Å². The van der Waals surface area contributed by atoms with Crippen molar-refractivity contribution in [1.82, 2.24) is 19.2 Å². The smallest absolute Gasteiger partial charge is 0.416 e. The van der Waals surface area contributed by atoms with Gasteiger partial charge in [-0.1, -0.05) is 0 Å². The Labute approximate surface area is 188 Å². The zero-order valence-corrected chi connectivity index (χ0v) is 18.3. The first-order valence-electron chi connectivity index (χ1n) is 10.7. The van der Waals surface area contributed by atoms with E-state index in [2.05, 4.69) is 14.9 Å². The number of piperazine rings is 1. The number of sulfonamides is 1. The number of hydrogen-bond donors (Lipinski definition) is 0. The number of benzene rings is 1. The molecule has 2 saturated heterocycles. The van der Waals surface area contributed by atoms with Crippen molar-refractivity contribution in [3.05, 3.63) is 47.7 Å². The molecule has 3 aliphatic rings. The molecule has 3 fully saturated rings. The molecule has 1 aromatic carbocycles. The fourth-order valence-corrected chi connectivity index (χ4v) is 5.99. The molecule has 0 radical (unpaired) electrons. The van der Waals surface area contributed by atoms with Crippen LogP contribution in [-0.2, 0) is 16.2 Å². The molecule has 2 aromatic rings. The molecule has 0 bridgehead atoms. The molecule has 5 rings (SSSR count). The average molecular weight is 486 g/mol. The summed E-state index contributed by atoms with van der Waals surface area (Å²) in [5.74, 6) is -0.312. The van der Waals surface area contributed by atoms with Gasteiger partial charge in [0.25, 0.3) is 0 Å². The van der Waals surface area contributed by atoms with Gasteiger partial charge >= 0.3 is 6.18 Å². The summed E-state index contributed by atoms with van der Waals surface area (Å²) < 4.78 is 86.3. The van der Waals surface area contributed by atoms with Crippen molar-refractivity contribution in [3.63, 3.8) is 0 Å². The lowest BCUT2D eigenvalue weighted by atomic mass is 10.2. The molecule has 1 saturated carbocycles. The number of alkyl halides is 3. The molecular weight excluding hydrogens is 464 g/mol. The van der Waals surface area contributed by atoms with Crippen molar-refractivity contribution < 1.29 is 30.7 Å². The van der Waals surface area contributed by atoms with Crippen LogP contribution in [0.5, 0.6) is 5.88 Å². The van der Waals surface area contributed by atoms with Gasteiger partial charge in [0.15, 0.2) is 0 Å². The molecule has 0 spiro atoms. The SMILES string of the molecule is O=S(=O)(c1cc(C(F)(F)F)ccc1F)N1CCN2C[C@H](Oc3cnc(C4CC4)cn3)C[C@H]2C1. The summed E-state index contributed by atoms with van der Waals surface area (Å²) in [6.07, 6.45) is 1.08. The number of fused-ring (bicyclic) bond motifs is 1. The minimum Gasteiger partial charge on any atom is -0.472 e. The highest BCUT2D eigenvalue weighted by Crippen LogP contribution is 2.39. The second-order valence-corrected chi connectivity index (χ2v) is 10.6. The van der Waals surface area contributed by atoms with Crippen LogP contribution in [-0.4, -0.2) is 65.9 Å². The maximum absolute atomic E-state index is 14.2. The van der Waals surface area contributed by atoms with Crippen molar-refractivity contribution in [2.45, 2.75) is 48.4 Å². The van der Waals surface area contributed by atoms with E-state index in [0.717, 1.165) is 22.8 Å². The van der Waals surface area contributed by atoms with Gasteiger partial charge in [0.05, 0.1) is 23.7 Å². The number of ether oxygens (including phenoxy) is 1. The first kappa shape index (κ1) is 22.5. The zero-order valence-electron chi connectivity index (χ0n) is 17.5. The molecule has 3 heterocycles. The van der Waals surface area contributed by atoms with E-state index in [0.29, 0.717) is 49.5 Å². The minimum atomic E-state index is -4.77. The summed E-state index contributed by atoms with van der Waals surface area (Å²) in [6, 6.07) is 1.25. The van der Waals surface area contributed by atoms with E-state index in [1.54, 1.807) is 12.4 Å². The minimum absolute atomic E-state index is 0.0458. The van der Waals surface area contributed by atoms with E-state index in [9.17, 15) is 26.0 Å². The van der Waals surface area contributed by atoms with Crippen LogP contribution in [0.4, 0.5) is 17.6 Å². The Morgan fingerprint density at radius 2 is 1.85 bits per heavy atom. The van der Waals surface area contributed by atoms with Crippen molar-refractivity contribution in [3.8, 4) is 5.88 Å². The molecule has 2 atom stereocenters. The summed E-state index contributed by atoms with van der Waals surface area (Å²) in [4.78, 5) is 9.81. The van der Waals surface area contributed by atoms with E-state index >= 15 is 0 Å². The molecule has 0 N–H and O–H groups in total. The van der Waals surface area contributed by atoms with Gasteiger partial charge in [0, 0.05) is 44.6 Å². The van der Waals surface area contributed by atoms with Crippen molar-refractivity contribution >= 4 is 10.0 Å². The Balaban J connectivity index is 1.27. The number of nitrogens with zero attached hydrogens (tertiary/aromatic N) is 4. The first-order valence-corrected chi connectivity index (χ1v) is 12.1. The lowest BCUT2D eigenvalue weighted by Gasteiger charge is -2.36. The van der Waals surface area contributed by atoms with Crippen molar-refractivity contribution in [2.75, 3.05) is 26.2 Å². The largest absolute Gasteiger partial charge is 0.472 e. The average Bonchev–Trinajstić information content (AvgIpc) is 3.53. The second kappa shape index (κ2) is 8.17. The van der Waals surface area contributed by atoms with Crippen LogP contribution in [0.25, 0.3) is 0 Å². The fourth-order valence-electron chi connectivity index (χ4n) is 4.44. The lowest BCUT2D eigenvalue weighted by Crippen LogP contribution is -2.52. The summed E-state index contributed by atoms with van der Waals surface area (Å²) in [5.41, 5.74) is -0.252. The second-order valence-electron chi connectivity index (χ2n) is 8.68. The Morgan fingerprint density at radius 3 is 2.52 bits per heavy atom. The van der Waals surface area contributed by atoms with Crippen LogP contribution >= 0.6 is 0 Å². The van der Waals surface area contributed by atoms with Crippen molar-refractivity contribution in [2.24, 2.45) is 0 Å². The Bertz CT molecular complexity index is 1140. The van der Waals surface area contributed by atoms with Crippen LogP contribution < -0.4 is 4.74 Å². The first-order chi connectivity index (χ1) is 15.6. The highest BCUT2D eigenvalue weighted by molar-refractivity contribution is 7.89. The fraction of sp³-hybridized carbons (Fsp3) is 0.524. The van der Waals surface area contributed by atoms with Crippen LogP contribution in [0.3, 0.4) is 0 Å². The third-order valence-corrected chi connectivity index (χ3v) is 8.23. The molecule has 33 heavy (non-hydrogen) atoms. The quantitative estimate of drug-likeness (QED) is 0.605. The Morgan fingerprint density at radius 1 is 1.06 bits per heavy atom. The Kier molecular flexibility index (Phi) is 5.57. The van der Waals surface area contributed by atoms with Crippen molar-refractivity contribution in [1.29, 1.82) is 0 Å². The molecule has 2 aliphatic heterocycles. The Hall–Kier alpha value is -2.31. The van der Waals surface area contributed by atoms with E-state index in [1.807, 2.05) is 0 Å². The molecule has 1 aromatic heterocycles. The normalized spacial score (nSPS) is 24.6. The number of hydrogen-bond acceptors (Lipinski definition) is 6. The third-order valence-electron chi connectivity index (χ3n) is 6.35. The van der Waals surface area contributed by atoms with Crippen LogP contribution in [0, 0.1) is 5.82 Å². The highest BCUT2D eigenvalue weighted by atomic mass is 32.2. The summed E-state index contributed by atoms with van der Waals surface area (Å²) >= 11 is 0. The topological polar surface area (TPSA) is 75.6 Å². The monoisotopic (exact) mass is 486 g/mol. The molecular formula is C21H22F4N4O3S.